The number of nitrogens with one attached hydrogen (secondary N) is 1. The number of carbonyl (C=O) groups excluding carboxylic acids is 2. The molecule has 0 bridgehead atoms. The molecule has 1 unspecified atom stereocenters. The highest BCUT2D eigenvalue weighted by molar-refractivity contribution is 7.92. The molecule has 0 saturated heterocycles. The van der Waals surface area contributed by atoms with Crippen LogP contribution in [0.5, 0.6) is 5.75 Å². The van der Waals surface area contributed by atoms with Crippen LogP contribution in [-0.2, 0) is 26.2 Å². The average Bonchev–Trinajstić information content (AvgIpc) is 2.81. The second-order valence-electron chi connectivity index (χ2n) is 9.47. The van der Waals surface area contributed by atoms with Gasteiger partial charge in [0.05, 0.1) is 19.1 Å². The van der Waals surface area contributed by atoms with Crippen LogP contribution >= 0.6 is 0 Å². The van der Waals surface area contributed by atoms with Gasteiger partial charge in [0.1, 0.15) is 18.3 Å². The van der Waals surface area contributed by atoms with Crippen LogP contribution in [0.15, 0.2) is 48.5 Å². The number of rotatable bonds is 12. The van der Waals surface area contributed by atoms with Gasteiger partial charge in [0.25, 0.3) is 0 Å². The number of nitrogens with zero attached hydrogens (tertiary/aromatic N) is 2. The minimum absolute atomic E-state index is 0.100. The second kappa shape index (κ2) is 12.8. The van der Waals surface area contributed by atoms with E-state index in [-0.39, 0.29) is 24.4 Å². The summed E-state index contributed by atoms with van der Waals surface area (Å²) in [5.41, 5.74) is 2.27. The van der Waals surface area contributed by atoms with Crippen molar-refractivity contribution >= 4 is 27.5 Å². The maximum atomic E-state index is 13.7. The van der Waals surface area contributed by atoms with Crippen molar-refractivity contribution in [3.63, 3.8) is 0 Å². The van der Waals surface area contributed by atoms with Crippen molar-refractivity contribution in [1.82, 2.24) is 10.2 Å². The molecule has 0 heterocycles. The van der Waals surface area contributed by atoms with Crippen LogP contribution in [0.4, 0.5) is 5.69 Å². The van der Waals surface area contributed by atoms with E-state index in [4.69, 9.17) is 4.74 Å². The van der Waals surface area contributed by atoms with E-state index in [1.165, 1.54) is 4.90 Å². The Hall–Kier alpha value is -3.07. The van der Waals surface area contributed by atoms with E-state index in [9.17, 15) is 18.0 Å². The molecule has 2 aromatic carbocycles. The summed E-state index contributed by atoms with van der Waals surface area (Å²) in [6, 6.07) is 13.5. The van der Waals surface area contributed by atoms with Gasteiger partial charge in [-0.05, 0) is 61.6 Å². The molecule has 36 heavy (non-hydrogen) atoms. The largest absolute Gasteiger partial charge is 0.497 e. The third kappa shape index (κ3) is 7.98. The van der Waals surface area contributed by atoms with Crippen LogP contribution in [0, 0.1) is 0 Å². The molecule has 1 atom stereocenters. The number of amides is 2. The molecule has 198 valence electrons. The summed E-state index contributed by atoms with van der Waals surface area (Å²) in [6.07, 6.45) is 1.45. The molecule has 0 aromatic heterocycles. The fraction of sp³-hybridized carbons (Fsp3) is 0.481. The zero-order valence-corrected chi connectivity index (χ0v) is 23.1. The van der Waals surface area contributed by atoms with E-state index in [1.807, 2.05) is 45.0 Å². The van der Waals surface area contributed by atoms with Crippen LogP contribution in [0.3, 0.4) is 0 Å². The van der Waals surface area contributed by atoms with Crippen LogP contribution in [0.25, 0.3) is 0 Å². The zero-order valence-electron chi connectivity index (χ0n) is 22.3. The minimum atomic E-state index is -3.76. The van der Waals surface area contributed by atoms with E-state index in [2.05, 4.69) is 19.2 Å². The molecule has 0 radical (unpaired) electrons. The van der Waals surface area contributed by atoms with Crippen molar-refractivity contribution in [1.29, 1.82) is 0 Å². The number of benzene rings is 2. The van der Waals surface area contributed by atoms with Gasteiger partial charge in [-0.2, -0.15) is 0 Å². The molecule has 2 amide bonds. The summed E-state index contributed by atoms with van der Waals surface area (Å²) in [7, 11) is -2.19. The van der Waals surface area contributed by atoms with Gasteiger partial charge in [-0.15, -0.1) is 0 Å². The number of hydrogen-bond donors (Lipinski definition) is 1. The van der Waals surface area contributed by atoms with Gasteiger partial charge in [0.15, 0.2) is 0 Å². The Bertz CT molecular complexity index is 1110. The summed E-state index contributed by atoms with van der Waals surface area (Å²) in [5, 5.41) is 2.88. The zero-order chi connectivity index (χ0) is 27.0. The molecule has 0 saturated carbocycles. The molecule has 0 aliphatic heterocycles. The van der Waals surface area contributed by atoms with Crippen molar-refractivity contribution in [2.45, 2.75) is 65.6 Å². The lowest BCUT2D eigenvalue weighted by atomic mass is 10.0. The van der Waals surface area contributed by atoms with E-state index in [1.54, 1.807) is 31.4 Å². The monoisotopic (exact) mass is 517 g/mol. The molecule has 0 aliphatic carbocycles. The summed E-state index contributed by atoms with van der Waals surface area (Å²) >= 11 is 0. The molecule has 8 nitrogen and oxygen atoms in total. The summed E-state index contributed by atoms with van der Waals surface area (Å²) in [4.78, 5) is 28.2. The van der Waals surface area contributed by atoms with Gasteiger partial charge in [0.2, 0.25) is 21.8 Å². The maximum Gasteiger partial charge on any atom is 0.244 e. The van der Waals surface area contributed by atoms with Crippen molar-refractivity contribution in [3.05, 3.63) is 59.7 Å². The first-order valence-corrected chi connectivity index (χ1v) is 14.0. The number of ether oxygens (including phenoxy) is 1. The average molecular weight is 518 g/mol. The standard InChI is InChI=1S/C27H39N3O5S/c1-8-25(27(32)28-20(4)5)29(17-21-9-15-24(35-6)16-10-21)26(31)18-30(36(7,33)34)23-13-11-22(12-14-23)19(2)3/h9-16,19-20,25H,8,17-18H2,1-7H3,(H,28,32). The first-order chi connectivity index (χ1) is 16.9. The summed E-state index contributed by atoms with van der Waals surface area (Å²) < 4.78 is 31.7. The van der Waals surface area contributed by atoms with Crippen LogP contribution < -0.4 is 14.4 Å². The molecular formula is C27H39N3O5S. The molecule has 1 N–H and O–H groups in total. The smallest absolute Gasteiger partial charge is 0.244 e. The lowest BCUT2D eigenvalue weighted by Crippen LogP contribution is -2.53. The Balaban J connectivity index is 2.43. The van der Waals surface area contributed by atoms with Gasteiger partial charge in [-0.3, -0.25) is 13.9 Å². The SMILES string of the molecule is CCC(C(=O)NC(C)C)N(Cc1ccc(OC)cc1)C(=O)CN(c1ccc(C(C)C)cc1)S(C)(=O)=O. The predicted molar refractivity (Wildman–Crippen MR) is 144 cm³/mol. The highest BCUT2D eigenvalue weighted by Gasteiger charge is 2.32. The lowest BCUT2D eigenvalue weighted by Gasteiger charge is -2.33. The number of hydrogen-bond acceptors (Lipinski definition) is 5. The fourth-order valence-electron chi connectivity index (χ4n) is 3.87. The number of anilines is 1. The van der Waals surface area contributed by atoms with E-state index >= 15 is 0 Å². The third-order valence-electron chi connectivity index (χ3n) is 5.86. The minimum Gasteiger partial charge on any atom is -0.497 e. The van der Waals surface area contributed by atoms with Gasteiger partial charge in [-0.1, -0.05) is 45.0 Å². The Morgan fingerprint density at radius 3 is 2.00 bits per heavy atom. The van der Waals surface area contributed by atoms with Crippen LogP contribution in [0.2, 0.25) is 0 Å². The van der Waals surface area contributed by atoms with Crippen LogP contribution in [0.1, 0.15) is 58.1 Å². The molecule has 9 heteroatoms. The van der Waals surface area contributed by atoms with Crippen molar-refractivity contribution < 1.29 is 22.7 Å². The third-order valence-corrected chi connectivity index (χ3v) is 7.00. The Labute approximate surface area is 215 Å². The van der Waals surface area contributed by atoms with Crippen molar-refractivity contribution in [2.24, 2.45) is 0 Å². The highest BCUT2D eigenvalue weighted by atomic mass is 32.2. The van der Waals surface area contributed by atoms with E-state index in [0.717, 1.165) is 21.7 Å². The molecule has 0 spiro atoms. The first kappa shape index (κ1) is 29.2. The van der Waals surface area contributed by atoms with Crippen LogP contribution in [-0.4, -0.2) is 57.1 Å². The van der Waals surface area contributed by atoms with Gasteiger partial charge >= 0.3 is 0 Å². The summed E-state index contributed by atoms with van der Waals surface area (Å²) in [5.74, 6) is 0.225. The molecule has 0 fully saturated rings. The number of sulfonamides is 1. The summed E-state index contributed by atoms with van der Waals surface area (Å²) in [6.45, 7) is 9.38. The lowest BCUT2D eigenvalue weighted by molar-refractivity contribution is -0.140. The Morgan fingerprint density at radius 1 is 0.972 bits per heavy atom. The van der Waals surface area contributed by atoms with Gasteiger partial charge < -0.3 is 15.0 Å². The highest BCUT2D eigenvalue weighted by Crippen LogP contribution is 2.23. The first-order valence-electron chi connectivity index (χ1n) is 12.2. The normalized spacial score (nSPS) is 12.4. The molecule has 2 rings (SSSR count). The maximum absolute atomic E-state index is 13.7. The predicted octanol–water partition coefficient (Wildman–Crippen LogP) is 3.92. The second-order valence-corrected chi connectivity index (χ2v) is 11.4. The van der Waals surface area contributed by atoms with E-state index < -0.39 is 28.5 Å². The van der Waals surface area contributed by atoms with Gasteiger partial charge in [-0.25, -0.2) is 8.42 Å². The van der Waals surface area contributed by atoms with Gasteiger partial charge in [0, 0.05) is 12.6 Å². The molecular weight excluding hydrogens is 478 g/mol. The van der Waals surface area contributed by atoms with Crippen molar-refractivity contribution in [3.8, 4) is 5.75 Å². The molecule has 0 aliphatic rings. The quantitative estimate of drug-likeness (QED) is 0.460. The topological polar surface area (TPSA) is 96.0 Å². The number of carbonyl (C=O) groups is 2. The van der Waals surface area contributed by atoms with E-state index in [0.29, 0.717) is 17.9 Å². The molecule has 2 aromatic rings. The van der Waals surface area contributed by atoms with Crippen molar-refractivity contribution in [2.75, 3.05) is 24.2 Å². The fourth-order valence-corrected chi connectivity index (χ4v) is 4.72. The Kier molecular flexibility index (Phi) is 10.3. The Morgan fingerprint density at radius 2 is 1.56 bits per heavy atom. The number of methoxy groups -OCH3 is 1.